The number of allylic oxidation sites excluding steroid dienone is 2. The molecule has 6 nitrogen and oxygen atoms in total. The van der Waals surface area contributed by atoms with Crippen molar-refractivity contribution in [1.29, 1.82) is 0 Å². The summed E-state index contributed by atoms with van der Waals surface area (Å²) in [5.41, 5.74) is 2.29. The summed E-state index contributed by atoms with van der Waals surface area (Å²) < 4.78 is 5.35. The SMILES string of the molecule is O=C(Nc1ccccc1)Nc1ccc(OC(=O)CCCCCCC2=CCCC2=O)cc1. The molecule has 2 N–H and O–H groups in total. The Morgan fingerprint density at radius 1 is 0.839 bits per heavy atom. The number of hydrogen-bond acceptors (Lipinski definition) is 4. The number of ketones is 1. The summed E-state index contributed by atoms with van der Waals surface area (Å²) in [6, 6.07) is 15.5. The number of urea groups is 1. The van der Waals surface area contributed by atoms with E-state index in [1.54, 1.807) is 36.4 Å². The van der Waals surface area contributed by atoms with E-state index in [2.05, 4.69) is 16.7 Å². The van der Waals surface area contributed by atoms with Crippen molar-refractivity contribution in [3.8, 4) is 5.75 Å². The number of Topliss-reactive ketones (excluding diaryl/α,β-unsaturated/α-hetero) is 1. The Balaban J connectivity index is 1.30. The molecule has 0 unspecified atom stereocenters. The van der Waals surface area contributed by atoms with Crippen LogP contribution in [0.3, 0.4) is 0 Å². The largest absolute Gasteiger partial charge is 0.427 e. The third-order valence-corrected chi connectivity index (χ3v) is 5.07. The van der Waals surface area contributed by atoms with Crippen LogP contribution < -0.4 is 15.4 Å². The van der Waals surface area contributed by atoms with Gasteiger partial charge in [0.25, 0.3) is 0 Å². The Hall–Kier alpha value is -3.41. The zero-order chi connectivity index (χ0) is 21.9. The van der Waals surface area contributed by atoms with E-state index in [9.17, 15) is 14.4 Å². The fraction of sp³-hybridized carbons (Fsp3) is 0.320. The first-order valence-corrected chi connectivity index (χ1v) is 10.8. The van der Waals surface area contributed by atoms with Crippen LogP contribution in [-0.2, 0) is 9.59 Å². The van der Waals surface area contributed by atoms with Gasteiger partial charge in [-0.3, -0.25) is 9.59 Å². The topological polar surface area (TPSA) is 84.5 Å². The zero-order valence-electron chi connectivity index (χ0n) is 17.6. The molecular formula is C25H28N2O4. The molecule has 1 aliphatic rings. The molecule has 0 bridgehead atoms. The van der Waals surface area contributed by atoms with Gasteiger partial charge in [0, 0.05) is 24.2 Å². The number of carbonyl (C=O) groups excluding carboxylic acids is 3. The summed E-state index contributed by atoms with van der Waals surface area (Å²) in [7, 11) is 0. The summed E-state index contributed by atoms with van der Waals surface area (Å²) in [6.45, 7) is 0. The van der Waals surface area contributed by atoms with E-state index >= 15 is 0 Å². The third-order valence-electron chi connectivity index (χ3n) is 5.07. The minimum atomic E-state index is -0.343. The van der Waals surface area contributed by atoms with Crippen molar-refractivity contribution in [3.05, 3.63) is 66.2 Å². The minimum absolute atomic E-state index is 0.267. The molecule has 162 valence electrons. The summed E-state index contributed by atoms with van der Waals surface area (Å²) in [5, 5.41) is 5.47. The molecule has 2 aromatic carbocycles. The zero-order valence-corrected chi connectivity index (χ0v) is 17.6. The van der Waals surface area contributed by atoms with E-state index in [1.165, 1.54) is 0 Å². The highest BCUT2D eigenvalue weighted by atomic mass is 16.5. The third kappa shape index (κ3) is 7.74. The molecule has 2 aromatic rings. The highest BCUT2D eigenvalue weighted by Gasteiger charge is 2.14. The minimum Gasteiger partial charge on any atom is -0.427 e. The molecule has 0 atom stereocenters. The molecule has 0 spiro atoms. The lowest BCUT2D eigenvalue weighted by Gasteiger charge is -2.09. The second-order valence-electron chi connectivity index (χ2n) is 7.55. The average Bonchev–Trinajstić information content (AvgIpc) is 3.17. The van der Waals surface area contributed by atoms with Gasteiger partial charge >= 0.3 is 12.0 Å². The number of rotatable bonds is 10. The van der Waals surface area contributed by atoms with Crippen LogP contribution >= 0.6 is 0 Å². The Morgan fingerprint density at radius 2 is 1.52 bits per heavy atom. The second kappa shape index (κ2) is 11.7. The van der Waals surface area contributed by atoms with Crippen LogP contribution in [-0.4, -0.2) is 17.8 Å². The number of esters is 1. The molecule has 31 heavy (non-hydrogen) atoms. The van der Waals surface area contributed by atoms with Gasteiger partial charge in [0.15, 0.2) is 5.78 Å². The number of benzene rings is 2. The fourth-order valence-electron chi connectivity index (χ4n) is 3.44. The van der Waals surface area contributed by atoms with Crippen molar-refractivity contribution in [2.75, 3.05) is 10.6 Å². The molecule has 3 rings (SSSR count). The van der Waals surface area contributed by atoms with Crippen molar-refractivity contribution in [2.45, 2.75) is 51.4 Å². The Labute approximate surface area is 182 Å². The number of ether oxygens (including phenoxy) is 1. The number of nitrogens with one attached hydrogen (secondary N) is 2. The van der Waals surface area contributed by atoms with Crippen molar-refractivity contribution in [3.63, 3.8) is 0 Å². The van der Waals surface area contributed by atoms with Crippen LogP contribution in [0.25, 0.3) is 0 Å². The molecule has 0 aliphatic heterocycles. The van der Waals surface area contributed by atoms with E-state index in [1.807, 2.05) is 18.2 Å². The molecule has 2 amide bonds. The molecule has 0 radical (unpaired) electrons. The van der Waals surface area contributed by atoms with Gasteiger partial charge in [-0.2, -0.15) is 0 Å². The van der Waals surface area contributed by atoms with E-state index in [-0.39, 0.29) is 12.0 Å². The van der Waals surface area contributed by atoms with Crippen LogP contribution in [0.4, 0.5) is 16.2 Å². The average molecular weight is 421 g/mol. The van der Waals surface area contributed by atoms with Crippen molar-refractivity contribution in [1.82, 2.24) is 0 Å². The summed E-state index contributed by atoms with van der Waals surface area (Å²) in [4.78, 5) is 35.6. The van der Waals surface area contributed by atoms with Gasteiger partial charge in [-0.05, 0) is 67.7 Å². The number of para-hydroxylation sites is 1. The van der Waals surface area contributed by atoms with Crippen molar-refractivity contribution >= 4 is 29.2 Å². The number of anilines is 2. The summed E-state index contributed by atoms with van der Waals surface area (Å²) >= 11 is 0. The van der Waals surface area contributed by atoms with E-state index < -0.39 is 0 Å². The highest BCUT2D eigenvalue weighted by Crippen LogP contribution is 2.21. The van der Waals surface area contributed by atoms with Gasteiger partial charge in [0.2, 0.25) is 0 Å². The number of unbranched alkanes of at least 4 members (excludes halogenated alkanes) is 3. The molecular weight excluding hydrogens is 392 g/mol. The standard InChI is InChI=1S/C25H28N2O4/c28-23-13-8-10-19(23)9-4-1-2-7-14-24(29)31-22-17-15-21(16-18-22)27-25(30)26-20-11-5-3-6-12-20/h3,5-6,10-12,15-18H,1-2,4,7-9,13-14H2,(H2,26,27,30). The lowest BCUT2D eigenvalue weighted by atomic mass is 10.0. The molecule has 0 aromatic heterocycles. The van der Waals surface area contributed by atoms with Crippen LogP contribution in [0.2, 0.25) is 0 Å². The Morgan fingerprint density at radius 3 is 2.19 bits per heavy atom. The molecule has 1 aliphatic carbocycles. The molecule has 0 heterocycles. The van der Waals surface area contributed by atoms with Gasteiger partial charge in [-0.1, -0.05) is 37.1 Å². The molecule has 6 heteroatoms. The Bertz CT molecular complexity index is 920. The summed E-state index contributed by atoms with van der Waals surface area (Å²) in [5.74, 6) is 0.475. The van der Waals surface area contributed by atoms with Gasteiger partial charge in [-0.15, -0.1) is 0 Å². The maximum absolute atomic E-state index is 12.0. The maximum atomic E-state index is 12.0. The van der Waals surface area contributed by atoms with Crippen LogP contribution in [0.15, 0.2) is 66.2 Å². The first kappa shape index (κ1) is 22.3. The van der Waals surface area contributed by atoms with E-state index in [0.717, 1.165) is 44.1 Å². The lowest BCUT2D eigenvalue weighted by molar-refractivity contribution is -0.134. The first-order chi connectivity index (χ1) is 15.1. The van der Waals surface area contributed by atoms with Gasteiger partial charge in [0.05, 0.1) is 0 Å². The normalized spacial score (nSPS) is 12.9. The van der Waals surface area contributed by atoms with Crippen LogP contribution in [0.5, 0.6) is 5.75 Å². The fourth-order valence-corrected chi connectivity index (χ4v) is 3.44. The number of amides is 2. The monoisotopic (exact) mass is 420 g/mol. The summed E-state index contributed by atoms with van der Waals surface area (Å²) in [6.07, 6.45) is 8.52. The Kier molecular flexibility index (Phi) is 8.40. The highest BCUT2D eigenvalue weighted by molar-refractivity contribution is 5.99. The smallest absolute Gasteiger partial charge is 0.323 e. The van der Waals surface area contributed by atoms with Crippen molar-refractivity contribution < 1.29 is 19.1 Å². The number of carbonyl (C=O) groups is 3. The van der Waals surface area contributed by atoms with Crippen LogP contribution in [0.1, 0.15) is 51.4 Å². The molecule has 0 saturated carbocycles. The number of hydrogen-bond donors (Lipinski definition) is 2. The lowest BCUT2D eigenvalue weighted by Crippen LogP contribution is -2.19. The quantitative estimate of drug-likeness (QED) is 0.286. The van der Waals surface area contributed by atoms with E-state index in [0.29, 0.717) is 35.7 Å². The van der Waals surface area contributed by atoms with Crippen molar-refractivity contribution in [2.24, 2.45) is 0 Å². The predicted molar refractivity (Wildman–Crippen MR) is 121 cm³/mol. The van der Waals surface area contributed by atoms with E-state index in [4.69, 9.17) is 4.74 Å². The maximum Gasteiger partial charge on any atom is 0.323 e. The first-order valence-electron chi connectivity index (χ1n) is 10.8. The molecule has 0 fully saturated rings. The second-order valence-corrected chi connectivity index (χ2v) is 7.55. The van der Waals surface area contributed by atoms with Gasteiger partial charge < -0.3 is 15.4 Å². The molecule has 0 saturated heterocycles. The van der Waals surface area contributed by atoms with Gasteiger partial charge in [-0.25, -0.2) is 4.79 Å². The van der Waals surface area contributed by atoms with Gasteiger partial charge in [0.1, 0.15) is 5.75 Å². The van der Waals surface area contributed by atoms with Crippen LogP contribution in [0, 0.1) is 0 Å². The predicted octanol–water partition coefficient (Wildman–Crippen LogP) is 5.87.